The standard InChI is InChI=1S/C34H40N4O5S/c1-34(2,3)43-33(41)35-27-30(39)38-28(32(40)42-29(24-12-6-4-7-13-24)25-14-8-5-9-15-25)26(22-44-31(27)38)20-23-16-19-37(21-23)36-17-10-11-18-36/h4-9,12-15,20,27,29,31H,10-11,16-19,21-22H2,1-3H3,(H,35,41). The van der Waals surface area contributed by atoms with Crippen LogP contribution in [-0.4, -0.2) is 81.8 Å². The Hall–Kier alpha value is -3.60. The van der Waals surface area contributed by atoms with E-state index in [0.29, 0.717) is 5.75 Å². The van der Waals surface area contributed by atoms with Crippen LogP contribution in [-0.2, 0) is 19.1 Å². The van der Waals surface area contributed by atoms with E-state index in [0.717, 1.165) is 49.3 Å². The molecule has 3 saturated heterocycles. The first-order chi connectivity index (χ1) is 21.2. The van der Waals surface area contributed by atoms with Gasteiger partial charge < -0.3 is 14.8 Å². The smallest absolute Gasteiger partial charge is 0.408 e. The number of nitrogens with one attached hydrogen (secondary N) is 1. The summed E-state index contributed by atoms with van der Waals surface area (Å²) in [6.45, 7) is 9.25. The summed E-state index contributed by atoms with van der Waals surface area (Å²) in [7, 11) is 0. The van der Waals surface area contributed by atoms with Crippen molar-refractivity contribution < 1.29 is 23.9 Å². The number of rotatable bonds is 7. The second-order valence-corrected chi connectivity index (χ2v) is 13.7. The van der Waals surface area contributed by atoms with E-state index in [1.807, 2.05) is 60.7 Å². The van der Waals surface area contributed by atoms with Crippen molar-refractivity contribution >= 4 is 29.7 Å². The third-order valence-corrected chi connectivity index (χ3v) is 9.53. The summed E-state index contributed by atoms with van der Waals surface area (Å²) in [5.41, 5.74) is 3.24. The van der Waals surface area contributed by atoms with Crippen LogP contribution in [0.5, 0.6) is 0 Å². The molecule has 0 aliphatic carbocycles. The zero-order chi connectivity index (χ0) is 30.8. The minimum atomic E-state index is -0.789. The van der Waals surface area contributed by atoms with Gasteiger partial charge >= 0.3 is 12.1 Å². The molecular formula is C34H40N4O5S. The SMILES string of the molecule is CC(C)(C)OC(=O)NC1C(=O)N2C(C(=O)OC(c3ccccc3)c3ccccc3)=C(C=C3CCN(N4CCCC4)C3)CSC12. The van der Waals surface area contributed by atoms with Crippen LogP contribution in [0.2, 0.25) is 0 Å². The molecular weight excluding hydrogens is 576 g/mol. The summed E-state index contributed by atoms with van der Waals surface area (Å²) in [5.74, 6) is -0.393. The van der Waals surface area contributed by atoms with Crippen molar-refractivity contribution in [2.45, 2.75) is 63.2 Å². The van der Waals surface area contributed by atoms with Gasteiger partial charge in [-0.15, -0.1) is 11.8 Å². The Balaban J connectivity index is 1.30. The van der Waals surface area contributed by atoms with Crippen molar-refractivity contribution in [3.63, 3.8) is 0 Å². The molecule has 0 radical (unpaired) electrons. The van der Waals surface area contributed by atoms with Crippen molar-refractivity contribution in [3.8, 4) is 0 Å². The Morgan fingerprint density at radius 3 is 2.20 bits per heavy atom. The molecule has 0 spiro atoms. The van der Waals surface area contributed by atoms with E-state index in [2.05, 4.69) is 21.4 Å². The largest absolute Gasteiger partial charge is 0.448 e. The Bertz CT molecular complexity index is 1410. The predicted octanol–water partition coefficient (Wildman–Crippen LogP) is 5.02. The number of alkyl carbamates (subject to hydrolysis) is 1. The molecule has 4 aliphatic rings. The lowest BCUT2D eigenvalue weighted by Gasteiger charge is -2.49. The average Bonchev–Trinajstić information content (AvgIpc) is 3.71. The maximum atomic E-state index is 14.2. The first kappa shape index (κ1) is 30.4. The minimum absolute atomic E-state index is 0.255. The van der Waals surface area contributed by atoms with E-state index in [1.165, 1.54) is 35.1 Å². The molecule has 0 saturated carbocycles. The van der Waals surface area contributed by atoms with Crippen LogP contribution in [0.4, 0.5) is 4.79 Å². The van der Waals surface area contributed by atoms with E-state index < -0.39 is 35.2 Å². The van der Waals surface area contributed by atoms with Gasteiger partial charge in [-0.1, -0.05) is 72.3 Å². The van der Waals surface area contributed by atoms with Gasteiger partial charge in [0.2, 0.25) is 0 Å². The van der Waals surface area contributed by atoms with Gasteiger partial charge in [-0.3, -0.25) is 9.69 Å². The summed E-state index contributed by atoms with van der Waals surface area (Å²) < 4.78 is 11.7. The fourth-order valence-electron chi connectivity index (χ4n) is 6.18. The first-order valence-corrected chi connectivity index (χ1v) is 16.4. The number of β-lactam (4-membered cyclic amide) rings is 1. The normalized spacial score (nSPS) is 23.6. The van der Waals surface area contributed by atoms with Crippen LogP contribution in [0.25, 0.3) is 0 Å². The van der Waals surface area contributed by atoms with E-state index in [4.69, 9.17) is 9.47 Å². The molecule has 0 aromatic heterocycles. The number of hydrazine groups is 1. The monoisotopic (exact) mass is 616 g/mol. The van der Waals surface area contributed by atoms with Gasteiger partial charge in [0.25, 0.3) is 5.91 Å². The number of hydrogen-bond donors (Lipinski definition) is 1. The van der Waals surface area contributed by atoms with Crippen LogP contribution < -0.4 is 5.32 Å². The van der Waals surface area contributed by atoms with E-state index in [-0.39, 0.29) is 11.6 Å². The van der Waals surface area contributed by atoms with Crippen LogP contribution >= 0.6 is 11.8 Å². The minimum Gasteiger partial charge on any atom is -0.448 e. The molecule has 2 amide bonds. The van der Waals surface area contributed by atoms with Gasteiger partial charge in [0.05, 0.1) is 0 Å². The second-order valence-electron chi connectivity index (χ2n) is 12.6. The lowest BCUT2D eigenvalue weighted by Crippen LogP contribution is -2.70. The lowest BCUT2D eigenvalue weighted by atomic mass is 10.00. The number of benzene rings is 2. The third kappa shape index (κ3) is 6.57. The highest BCUT2D eigenvalue weighted by Crippen LogP contribution is 2.42. The molecule has 4 heterocycles. The predicted molar refractivity (Wildman–Crippen MR) is 169 cm³/mol. The number of carbonyl (C=O) groups excluding carboxylic acids is 3. The highest BCUT2D eigenvalue weighted by Gasteiger charge is 2.55. The molecule has 2 unspecified atom stereocenters. The number of allylic oxidation sites excluding steroid dienone is 1. The van der Waals surface area contributed by atoms with E-state index in [9.17, 15) is 14.4 Å². The van der Waals surface area contributed by atoms with Gasteiger partial charge in [0.15, 0.2) is 6.10 Å². The van der Waals surface area contributed by atoms with Crippen LogP contribution in [0.15, 0.2) is 83.6 Å². The van der Waals surface area contributed by atoms with Gasteiger partial charge in [-0.2, -0.15) is 0 Å². The number of hydrogen-bond acceptors (Lipinski definition) is 8. The molecule has 232 valence electrons. The molecule has 2 atom stereocenters. The average molecular weight is 617 g/mol. The van der Waals surface area contributed by atoms with Crippen LogP contribution in [0.1, 0.15) is 57.3 Å². The van der Waals surface area contributed by atoms with Gasteiger partial charge in [0.1, 0.15) is 22.7 Å². The van der Waals surface area contributed by atoms with Gasteiger partial charge in [0, 0.05) is 31.9 Å². The molecule has 1 N–H and O–H groups in total. The fourth-order valence-corrected chi connectivity index (χ4v) is 7.48. The molecule has 2 aromatic rings. The molecule has 44 heavy (non-hydrogen) atoms. The quantitative estimate of drug-likeness (QED) is 0.343. The van der Waals surface area contributed by atoms with Gasteiger partial charge in [-0.05, 0) is 56.7 Å². The summed E-state index contributed by atoms with van der Waals surface area (Å²) in [6.07, 6.45) is 4.13. The van der Waals surface area contributed by atoms with E-state index >= 15 is 0 Å². The highest BCUT2D eigenvalue weighted by atomic mass is 32.2. The van der Waals surface area contributed by atoms with E-state index in [1.54, 1.807) is 20.8 Å². The van der Waals surface area contributed by atoms with Crippen molar-refractivity contribution in [1.29, 1.82) is 0 Å². The van der Waals surface area contributed by atoms with Crippen LogP contribution in [0, 0.1) is 0 Å². The molecule has 9 nitrogen and oxygen atoms in total. The number of carbonyl (C=O) groups is 3. The van der Waals surface area contributed by atoms with Gasteiger partial charge in [-0.25, -0.2) is 19.6 Å². The zero-order valence-electron chi connectivity index (χ0n) is 25.5. The number of esters is 1. The Morgan fingerprint density at radius 2 is 1.59 bits per heavy atom. The van der Waals surface area contributed by atoms with Crippen molar-refractivity contribution in [2.75, 3.05) is 31.9 Å². The Morgan fingerprint density at radius 1 is 0.955 bits per heavy atom. The molecule has 10 heteroatoms. The number of ether oxygens (including phenoxy) is 2. The number of thioether (sulfide) groups is 1. The van der Waals surface area contributed by atoms with Crippen molar-refractivity contribution in [1.82, 2.24) is 20.2 Å². The fraction of sp³-hybridized carbons (Fsp3) is 0.441. The number of nitrogens with zero attached hydrogens (tertiary/aromatic N) is 3. The molecule has 2 aromatic carbocycles. The Kier molecular flexibility index (Phi) is 8.84. The van der Waals surface area contributed by atoms with Crippen LogP contribution in [0.3, 0.4) is 0 Å². The summed E-state index contributed by atoms with van der Waals surface area (Å²) in [6, 6.07) is 18.5. The topological polar surface area (TPSA) is 91.4 Å². The maximum Gasteiger partial charge on any atom is 0.408 e. The molecule has 4 aliphatic heterocycles. The van der Waals surface area contributed by atoms with Crippen molar-refractivity contribution in [3.05, 3.63) is 94.7 Å². The van der Waals surface area contributed by atoms with Crippen molar-refractivity contribution in [2.24, 2.45) is 0 Å². The third-order valence-electron chi connectivity index (χ3n) is 8.23. The maximum absolute atomic E-state index is 14.2. The Labute approximate surface area is 263 Å². The number of fused-ring (bicyclic) bond motifs is 1. The highest BCUT2D eigenvalue weighted by molar-refractivity contribution is 8.00. The molecule has 0 bridgehead atoms. The molecule has 6 rings (SSSR count). The number of amides is 2. The summed E-state index contributed by atoms with van der Waals surface area (Å²) in [4.78, 5) is 41.9. The summed E-state index contributed by atoms with van der Waals surface area (Å²) in [5, 5.41) is 7.11. The zero-order valence-corrected chi connectivity index (χ0v) is 26.3. The first-order valence-electron chi connectivity index (χ1n) is 15.4. The summed E-state index contributed by atoms with van der Waals surface area (Å²) >= 11 is 1.54. The second kappa shape index (κ2) is 12.8. The lowest BCUT2D eigenvalue weighted by molar-refractivity contribution is -0.153. The molecule has 3 fully saturated rings.